The predicted molar refractivity (Wildman–Crippen MR) is 81.1 cm³/mol. The third kappa shape index (κ3) is 2.28. The molecule has 1 aromatic rings. The molecule has 22 heavy (non-hydrogen) atoms. The Morgan fingerprint density at radius 2 is 1.82 bits per heavy atom. The monoisotopic (exact) mass is 306 g/mol. The van der Waals surface area contributed by atoms with Gasteiger partial charge in [0.2, 0.25) is 0 Å². The van der Waals surface area contributed by atoms with E-state index < -0.39 is 11.9 Å². The number of ether oxygens (including phenoxy) is 3. The van der Waals surface area contributed by atoms with Crippen LogP contribution in [0.15, 0.2) is 0 Å². The molecule has 0 fully saturated rings. The predicted octanol–water partition coefficient (Wildman–Crippen LogP) is 2.61. The van der Waals surface area contributed by atoms with Gasteiger partial charge in [0.25, 0.3) is 0 Å². The lowest BCUT2D eigenvalue weighted by Gasteiger charge is -2.18. The molecular formula is C17H22O5. The quantitative estimate of drug-likeness (QED) is 0.926. The maximum Gasteiger partial charge on any atom is 0.306 e. The summed E-state index contributed by atoms with van der Waals surface area (Å²) >= 11 is 0. The number of methoxy groups -OCH3 is 1. The van der Waals surface area contributed by atoms with E-state index in [4.69, 9.17) is 14.2 Å². The highest BCUT2D eigenvalue weighted by Crippen LogP contribution is 2.51. The third-order valence-corrected chi connectivity index (χ3v) is 4.42. The number of aliphatic carboxylic acids is 1. The minimum atomic E-state index is -0.795. The van der Waals surface area contributed by atoms with Crippen molar-refractivity contribution in [1.29, 1.82) is 0 Å². The van der Waals surface area contributed by atoms with Crippen LogP contribution >= 0.6 is 0 Å². The van der Waals surface area contributed by atoms with E-state index in [0.717, 1.165) is 46.8 Å². The van der Waals surface area contributed by atoms with Crippen LogP contribution in [0.1, 0.15) is 37.5 Å². The van der Waals surface area contributed by atoms with Crippen LogP contribution < -0.4 is 14.2 Å². The summed E-state index contributed by atoms with van der Waals surface area (Å²) in [6.07, 6.45) is 2.12. The third-order valence-electron chi connectivity index (χ3n) is 4.42. The van der Waals surface area contributed by atoms with Gasteiger partial charge in [-0.25, -0.2) is 0 Å². The van der Waals surface area contributed by atoms with Gasteiger partial charge in [0, 0.05) is 29.5 Å². The summed E-state index contributed by atoms with van der Waals surface area (Å²) in [5, 5.41) is 9.25. The van der Waals surface area contributed by atoms with Gasteiger partial charge < -0.3 is 19.3 Å². The summed E-state index contributed by atoms with van der Waals surface area (Å²) in [5.74, 6) is 1.09. The van der Waals surface area contributed by atoms with E-state index in [0.29, 0.717) is 6.42 Å². The molecule has 0 saturated heterocycles. The minimum Gasteiger partial charge on any atom is -0.492 e. The lowest BCUT2D eigenvalue weighted by Crippen LogP contribution is -2.14. The van der Waals surface area contributed by atoms with E-state index >= 15 is 0 Å². The number of carboxylic acids is 1. The zero-order valence-corrected chi connectivity index (χ0v) is 13.4. The molecule has 1 aromatic carbocycles. The molecule has 2 heterocycles. The van der Waals surface area contributed by atoms with E-state index in [9.17, 15) is 9.90 Å². The smallest absolute Gasteiger partial charge is 0.306 e. The van der Waals surface area contributed by atoms with Crippen LogP contribution in [0, 0.1) is 5.92 Å². The number of carboxylic acid groups (broad SMARTS) is 1. The molecule has 3 unspecified atom stereocenters. The highest BCUT2D eigenvalue weighted by Gasteiger charge is 2.37. The lowest BCUT2D eigenvalue weighted by molar-refractivity contribution is -0.141. The van der Waals surface area contributed by atoms with Crippen molar-refractivity contribution in [3.8, 4) is 17.2 Å². The number of benzene rings is 1. The van der Waals surface area contributed by atoms with Crippen LogP contribution in [-0.4, -0.2) is 30.4 Å². The fraction of sp³-hybridized carbons (Fsp3) is 0.588. The van der Waals surface area contributed by atoms with Crippen molar-refractivity contribution in [2.45, 2.75) is 52.2 Å². The van der Waals surface area contributed by atoms with Crippen LogP contribution in [0.3, 0.4) is 0 Å². The van der Waals surface area contributed by atoms with Crippen LogP contribution in [0.5, 0.6) is 17.2 Å². The average Bonchev–Trinajstić information content (AvgIpc) is 3.00. The second kappa shape index (κ2) is 5.38. The van der Waals surface area contributed by atoms with Crippen LogP contribution in [0.25, 0.3) is 0 Å². The van der Waals surface area contributed by atoms with Gasteiger partial charge in [-0.15, -0.1) is 0 Å². The van der Waals surface area contributed by atoms with Crippen molar-refractivity contribution in [2.75, 3.05) is 7.11 Å². The Morgan fingerprint density at radius 1 is 1.23 bits per heavy atom. The van der Waals surface area contributed by atoms with E-state index in [1.54, 1.807) is 14.0 Å². The first-order valence-corrected chi connectivity index (χ1v) is 7.73. The molecule has 0 aromatic heterocycles. The van der Waals surface area contributed by atoms with Crippen LogP contribution in [-0.2, 0) is 24.1 Å². The molecule has 3 atom stereocenters. The van der Waals surface area contributed by atoms with Gasteiger partial charge in [0.15, 0.2) is 11.5 Å². The van der Waals surface area contributed by atoms with Gasteiger partial charge >= 0.3 is 5.97 Å². The van der Waals surface area contributed by atoms with E-state index in [1.807, 2.05) is 13.8 Å². The maximum atomic E-state index is 11.3. The Hall–Kier alpha value is -1.91. The second-order valence-corrected chi connectivity index (χ2v) is 6.34. The van der Waals surface area contributed by atoms with Crippen molar-refractivity contribution in [3.05, 3.63) is 16.7 Å². The van der Waals surface area contributed by atoms with Crippen molar-refractivity contribution in [2.24, 2.45) is 5.92 Å². The second-order valence-electron chi connectivity index (χ2n) is 6.34. The Labute approximate surface area is 130 Å². The van der Waals surface area contributed by atoms with E-state index in [1.165, 1.54) is 0 Å². The normalized spacial score (nSPS) is 23.3. The molecule has 0 radical (unpaired) electrons. The van der Waals surface area contributed by atoms with E-state index in [-0.39, 0.29) is 12.2 Å². The first-order chi connectivity index (χ1) is 10.4. The molecule has 5 heteroatoms. The van der Waals surface area contributed by atoms with Gasteiger partial charge in [-0.1, -0.05) is 6.92 Å². The number of hydrogen-bond acceptors (Lipinski definition) is 4. The molecule has 3 rings (SSSR count). The van der Waals surface area contributed by atoms with Crippen LogP contribution in [0.2, 0.25) is 0 Å². The Bertz CT molecular complexity index is 583. The number of fused-ring (bicyclic) bond motifs is 2. The molecule has 2 aliphatic rings. The summed E-state index contributed by atoms with van der Waals surface area (Å²) in [4.78, 5) is 11.3. The number of carbonyl (C=O) groups is 1. The fourth-order valence-electron chi connectivity index (χ4n) is 3.39. The van der Waals surface area contributed by atoms with Crippen molar-refractivity contribution in [1.82, 2.24) is 0 Å². The molecule has 0 saturated carbocycles. The molecule has 0 spiro atoms. The fourth-order valence-corrected chi connectivity index (χ4v) is 3.39. The molecule has 0 aliphatic carbocycles. The van der Waals surface area contributed by atoms with Crippen molar-refractivity contribution >= 4 is 5.97 Å². The molecule has 0 amide bonds. The zero-order chi connectivity index (χ0) is 16.0. The standard InChI is InChI=1S/C17H22O5/c1-8(17(18)19)5-11-12-6-9(2)22-16(12)15(20-4)13-7-10(3)21-14(11)13/h8-10H,5-7H2,1-4H3,(H,18,19). The highest BCUT2D eigenvalue weighted by molar-refractivity contribution is 5.72. The van der Waals surface area contributed by atoms with Gasteiger partial charge in [-0.3, -0.25) is 4.79 Å². The summed E-state index contributed by atoms with van der Waals surface area (Å²) in [6.45, 7) is 5.75. The molecule has 5 nitrogen and oxygen atoms in total. The molecule has 1 N–H and O–H groups in total. The molecule has 2 aliphatic heterocycles. The average molecular weight is 306 g/mol. The first-order valence-electron chi connectivity index (χ1n) is 7.73. The number of rotatable bonds is 4. The summed E-state index contributed by atoms with van der Waals surface area (Å²) in [6, 6.07) is 0. The first kappa shape index (κ1) is 15.0. The highest BCUT2D eigenvalue weighted by atomic mass is 16.5. The summed E-state index contributed by atoms with van der Waals surface area (Å²) in [7, 11) is 1.64. The minimum absolute atomic E-state index is 0.0720. The van der Waals surface area contributed by atoms with Crippen molar-refractivity contribution in [3.63, 3.8) is 0 Å². The molecule has 120 valence electrons. The van der Waals surface area contributed by atoms with Gasteiger partial charge in [-0.05, 0) is 20.3 Å². The SMILES string of the molecule is COc1c2c(c(CC(C)C(=O)O)c3c1OC(C)C3)OC(C)C2. The largest absolute Gasteiger partial charge is 0.492 e. The maximum absolute atomic E-state index is 11.3. The van der Waals surface area contributed by atoms with Gasteiger partial charge in [0.05, 0.1) is 13.0 Å². The molecule has 0 bridgehead atoms. The van der Waals surface area contributed by atoms with Gasteiger partial charge in [0.1, 0.15) is 18.0 Å². The topological polar surface area (TPSA) is 65.0 Å². The number of hydrogen-bond donors (Lipinski definition) is 1. The summed E-state index contributed by atoms with van der Waals surface area (Å²) in [5.41, 5.74) is 3.04. The Balaban J connectivity index is 2.15. The Morgan fingerprint density at radius 3 is 2.41 bits per heavy atom. The van der Waals surface area contributed by atoms with E-state index in [2.05, 4.69) is 0 Å². The Kier molecular flexibility index (Phi) is 3.67. The lowest BCUT2D eigenvalue weighted by atomic mass is 9.91. The van der Waals surface area contributed by atoms with Gasteiger partial charge in [-0.2, -0.15) is 0 Å². The zero-order valence-electron chi connectivity index (χ0n) is 13.4. The summed E-state index contributed by atoms with van der Waals surface area (Å²) < 4.78 is 17.5. The van der Waals surface area contributed by atoms with Crippen molar-refractivity contribution < 1.29 is 24.1 Å². The molecular weight excluding hydrogens is 284 g/mol. The van der Waals surface area contributed by atoms with Crippen LogP contribution in [0.4, 0.5) is 0 Å².